The predicted molar refractivity (Wildman–Crippen MR) is 98.8 cm³/mol. The van der Waals surface area contributed by atoms with Crippen molar-refractivity contribution in [3.63, 3.8) is 0 Å². The van der Waals surface area contributed by atoms with Crippen LogP contribution in [-0.2, 0) is 6.54 Å². The van der Waals surface area contributed by atoms with Crippen LogP contribution >= 0.6 is 11.6 Å². The Kier molecular flexibility index (Phi) is 5.83. The molecule has 132 valence electrons. The minimum atomic E-state index is -0.439. The second kappa shape index (κ2) is 8.27. The van der Waals surface area contributed by atoms with Crippen molar-refractivity contribution in [3.8, 4) is 0 Å². The molecular weight excluding hydrogens is 340 g/mol. The Morgan fingerprint density at radius 2 is 2.00 bits per heavy atom. The third-order valence-corrected chi connectivity index (χ3v) is 4.96. The number of hydrogen-bond acceptors (Lipinski definition) is 5. The maximum atomic E-state index is 10.6. The normalized spacial score (nSPS) is 15.9. The number of nitrogens with zero attached hydrogens (tertiary/aromatic N) is 3. The topological polar surface area (TPSA) is 71.3 Å². The summed E-state index contributed by atoms with van der Waals surface area (Å²) in [4.78, 5) is 16.7. The molecule has 3 rings (SSSR count). The monoisotopic (exact) mass is 360 g/mol. The van der Waals surface area contributed by atoms with Crippen LogP contribution in [0.2, 0.25) is 5.02 Å². The molecule has 2 heterocycles. The lowest BCUT2D eigenvalue weighted by Gasteiger charge is -2.32. The smallest absolute Gasteiger partial charge is 0.287 e. The van der Waals surface area contributed by atoms with Gasteiger partial charge in [0.15, 0.2) is 0 Å². The van der Waals surface area contributed by atoms with Crippen LogP contribution in [0.3, 0.4) is 0 Å². The molecule has 25 heavy (non-hydrogen) atoms. The van der Waals surface area contributed by atoms with Gasteiger partial charge in [0.05, 0.1) is 4.92 Å². The molecular formula is C18H21ClN4O2. The molecule has 1 aromatic heterocycles. The molecule has 0 unspecified atom stereocenters. The summed E-state index contributed by atoms with van der Waals surface area (Å²) in [5.41, 5.74) is 1.19. The van der Waals surface area contributed by atoms with Crippen LogP contribution in [-0.4, -0.2) is 34.4 Å². The van der Waals surface area contributed by atoms with Gasteiger partial charge in [-0.15, -0.1) is 0 Å². The number of piperidine rings is 1. The summed E-state index contributed by atoms with van der Waals surface area (Å²) in [6.07, 6.45) is 3.52. The number of nitrogens with one attached hydrogen (secondary N) is 1. The van der Waals surface area contributed by atoms with Crippen molar-refractivity contribution in [1.29, 1.82) is 0 Å². The van der Waals surface area contributed by atoms with E-state index in [-0.39, 0.29) is 5.69 Å². The lowest BCUT2D eigenvalue weighted by atomic mass is 9.96. The summed E-state index contributed by atoms with van der Waals surface area (Å²) in [5, 5.41) is 14.7. The Balaban J connectivity index is 1.43. The van der Waals surface area contributed by atoms with Gasteiger partial charge in [-0.05, 0) is 49.5 Å². The fourth-order valence-electron chi connectivity index (χ4n) is 3.06. The fraction of sp³-hybridized carbons (Fsp3) is 0.389. The molecule has 7 heteroatoms. The van der Waals surface area contributed by atoms with Gasteiger partial charge in [-0.2, -0.15) is 0 Å². The maximum Gasteiger partial charge on any atom is 0.287 e. The lowest BCUT2D eigenvalue weighted by molar-refractivity contribution is -0.385. The molecule has 0 saturated carbocycles. The first kappa shape index (κ1) is 17.6. The van der Waals surface area contributed by atoms with E-state index in [1.807, 2.05) is 18.2 Å². The highest BCUT2D eigenvalue weighted by atomic mass is 35.5. The van der Waals surface area contributed by atoms with E-state index in [9.17, 15) is 10.1 Å². The SMILES string of the molecule is O=[N+]([O-])c1ccc(NCC2CCN(Cc3ccccc3Cl)CC2)nc1. The van der Waals surface area contributed by atoms with E-state index in [2.05, 4.69) is 21.3 Å². The molecule has 1 aliphatic rings. The van der Waals surface area contributed by atoms with Crippen LogP contribution < -0.4 is 5.32 Å². The third kappa shape index (κ3) is 4.90. The molecule has 0 aliphatic carbocycles. The number of hydrogen-bond donors (Lipinski definition) is 1. The second-order valence-electron chi connectivity index (χ2n) is 6.35. The van der Waals surface area contributed by atoms with Gasteiger partial charge in [-0.25, -0.2) is 4.98 Å². The molecule has 1 saturated heterocycles. The first-order valence-electron chi connectivity index (χ1n) is 8.42. The zero-order chi connectivity index (χ0) is 17.6. The number of anilines is 1. The summed E-state index contributed by atoms with van der Waals surface area (Å²) in [6, 6.07) is 11.1. The number of halogens is 1. The Labute approximate surface area is 152 Å². The largest absolute Gasteiger partial charge is 0.370 e. The van der Waals surface area contributed by atoms with E-state index in [0.717, 1.165) is 44.0 Å². The quantitative estimate of drug-likeness (QED) is 0.623. The van der Waals surface area contributed by atoms with Crippen LogP contribution in [0.25, 0.3) is 0 Å². The third-order valence-electron chi connectivity index (χ3n) is 4.59. The van der Waals surface area contributed by atoms with E-state index in [1.54, 1.807) is 6.07 Å². The maximum absolute atomic E-state index is 10.6. The first-order chi connectivity index (χ1) is 12.1. The van der Waals surface area contributed by atoms with Crippen LogP contribution in [0, 0.1) is 16.0 Å². The van der Waals surface area contributed by atoms with Crippen molar-refractivity contribution in [2.45, 2.75) is 19.4 Å². The van der Waals surface area contributed by atoms with E-state index >= 15 is 0 Å². The highest BCUT2D eigenvalue weighted by Crippen LogP contribution is 2.22. The minimum Gasteiger partial charge on any atom is -0.370 e. The number of nitro groups is 1. The summed E-state index contributed by atoms with van der Waals surface area (Å²) in [7, 11) is 0. The van der Waals surface area contributed by atoms with Gasteiger partial charge in [0, 0.05) is 24.2 Å². The molecule has 1 fully saturated rings. The van der Waals surface area contributed by atoms with Gasteiger partial charge in [-0.1, -0.05) is 29.8 Å². The van der Waals surface area contributed by atoms with Gasteiger partial charge in [0.1, 0.15) is 12.0 Å². The van der Waals surface area contributed by atoms with E-state index in [4.69, 9.17) is 11.6 Å². The average molecular weight is 361 g/mol. The summed E-state index contributed by atoms with van der Waals surface area (Å²) < 4.78 is 0. The molecule has 0 radical (unpaired) electrons. The average Bonchev–Trinajstić information content (AvgIpc) is 2.63. The van der Waals surface area contributed by atoms with Gasteiger partial charge in [0.25, 0.3) is 5.69 Å². The van der Waals surface area contributed by atoms with Crippen LogP contribution in [0.1, 0.15) is 18.4 Å². The van der Waals surface area contributed by atoms with Crippen molar-refractivity contribution >= 4 is 23.1 Å². The Morgan fingerprint density at radius 3 is 2.64 bits per heavy atom. The molecule has 0 bridgehead atoms. The van der Waals surface area contributed by atoms with E-state index < -0.39 is 4.92 Å². The molecule has 1 aliphatic heterocycles. The highest BCUT2D eigenvalue weighted by Gasteiger charge is 2.19. The number of aromatic nitrogens is 1. The van der Waals surface area contributed by atoms with Crippen molar-refractivity contribution in [3.05, 3.63) is 63.3 Å². The molecule has 0 spiro atoms. The van der Waals surface area contributed by atoms with Crippen molar-refractivity contribution in [2.75, 3.05) is 25.0 Å². The van der Waals surface area contributed by atoms with Crippen LogP contribution in [0.15, 0.2) is 42.6 Å². The van der Waals surface area contributed by atoms with Gasteiger partial charge in [0.2, 0.25) is 0 Å². The Morgan fingerprint density at radius 1 is 1.24 bits per heavy atom. The summed E-state index contributed by atoms with van der Waals surface area (Å²) >= 11 is 6.23. The highest BCUT2D eigenvalue weighted by molar-refractivity contribution is 6.31. The summed E-state index contributed by atoms with van der Waals surface area (Å²) in [5.74, 6) is 1.27. The summed E-state index contributed by atoms with van der Waals surface area (Å²) in [6.45, 7) is 3.82. The van der Waals surface area contributed by atoms with Crippen molar-refractivity contribution < 1.29 is 4.92 Å². The fourth-order valence-corrected chi connectivity index (χ4v) is 3.26. The Hall–Kier alpha value is -2.18. The number of rotatable bonds is 6. The predicted octanol–water partition coefficient (Wildman–Crippen LogP) is 3.97. The van der Waals surface area contributed by atoms with E-state index in [1.165, 1.54) is 17.8 Å². The molecule has 1 N–H and O–H groups in total. The molecule has 0 atom stereocenters. The number of pyridine rings is 1. The molecule has 2 aromatic rings. The molecule has 1 aromatic carbocycles. The molecule has 0 amide bonds. The van der Waals surface area contributed by atoms with Crippen molar-refractivity contribution in [2.24, 2.45) is 5.92 Å². The van der Waals surface area contributed by atoms with Crippen LogP contribution in [0.5, 0.6) is 0 Å². The number of benzene rings is 1. The zero-order valence-electron chi connectivity index (χ0n) is 13.9. The van der Waals surface area contributed by atoms with Gasteiger partial charge < -0.3 is 5.32 Å². The number of likely N-dealkylation sites (tertiary alicyclic amines) is 1. The molecule has 6 nitrogen and oxygen atoms in total. The van der Waals surface area contributed by atoms with Gasteiger partial charge in [-0.3, -0.25) is 15.0 Å². The van der Waals surface area contributed by atoms with Gasteiger partial charge >= 0.3 is 0 Å². The minimum absolute atomic E-state index is 0.0124. The van der Waals surface area contributed by atoms with E-state index in [0.29, 0.717) is 11.7 Å². The second-order valence-corrected chi connectivity index (χ2v) is 6.76. The van der Waals surface area contributed by atoms with Crippen LogP contribution in [0.4, 0.5) is 11.5 Å². The first-order valence-corrected chi connectivity index (χ1v) is 8.79. The lowest BCUT2D eigenvalue weighted by Crippen LogP contribution is -2.35. The van der Waals surface area contributed by atoms with Crippen molar-refractivity contribution in [1.82, 2.24) is 9.88 Å². The standard InChI is InChI=1S/C18H21ClN4O2/c19-17-4-2-1-3-15(17)13-22-9-7-14(8-10-22)11-20-18-6-5-16(12-21-18)23(24)25/h1-6,12,14H,7-11,13H2,(H,20,21). The Bertz CT molecular complexity index is 715. The zero-order valence-corrected chi connectivity index (χ0v) is 14.7.